The molecule has 80 valence electrons. The molecule has 2 aromatic rings. The molecule has 0 aliphatic heterocycles. The Morgan fingerprint density at radius 2 is 2.40 bits per heavy atom. The summed E-state index contributed by atoms with van der Waals surface area (Å²) >= 11 is 0. The summed E-state index contributed by atoms with van der Waals surface area (Å²) in [6.45, 7) is 4.22. The van der Waals surface area contributed by atoms with Crippen LogP contribution in [-0.2, 0) is 0 Å². The fraction of sp³-hybridized carbons (Fsp3) is 0.400. The monoisotopic (exact) mass is 205 g/mol. The first-order valence-corrected chi connectivity index (χ1v) is 5.06. The van der Waals surface area contributed by atoms with Gasteiger partial charge in [0.05, 0.1) is 6.20 Å². The summed E-state index contributed by atoms with van der Waals surface area (Å²) < 4.78 is 1.87. The molecule has 0 radical (unpaired) electrons. The van der Waals surface area contributed by atoms with E-state index in [1.165, 1.54) is 0 Å². The van der Waals surface area contributed by atoms with E-state index in [4.69, 9.17) is 5.73 Å². The molecule has 5 nitrogen and oxygen atoms in total. The van der Waals surface area contributed by atoms with Gasteiger partial charge in [0, 0.05) is 18.4 Å². The maximum absolute atomic E-state index is 5.70. The minimum Gasteiger partial charge on any atom is -0.382 e. The average Bonchev–Trinajstić information content (AvgIpc) is 2.65. The van der Waals surface area contributed by atoms with Gasteiger partial charge in [-0.1, -0.05) is 6.92 Å². The second-order valence-electron chi connectivity index (χ2n) is 3.63. The molecule has 0 fully saturated rings. The minimum atomic E-state index is 0.361. The maximum Gasteiger partial charge on any atom is 0.180 e. The van der Waals surface area contributed by atoms with Crippen molar-refractivity contribution in [2.24, 2.45) is 0 Å². The SMILES string of the molecule is CCC(C)Nc1nc(N)cn2ccnc12. The summed E-state index contributed by atoms with van der Waals surface area (Å²) in [5.41, 5.74) is 6.51. The van der Waals surface area contributed by atoms with Crippen LogP contribution in [0.5, 0.6) is 0 Å². The van der Waals surface area contributed by atoms with E-state index in [9.17, 15) is 0 Å². The molecule has 0 saturated carbocycles. The van der Waals surface area contributed by atoms with Crippen LogP contribution < -0.4 is 11.1 Å². The lowest BCUT2D eigenvalue weighted by Crippen LogP contribution is -2.16. The lowest BCUT2D eigenvalue weighted by atomic mass is 10.2. The average molecular weight is 205 g/mol. The Hall–Kier alpha value is -1.78. The second-order valence-corrected chi connectivity index (χ2v) is 3.63. The number of nitrogen functional groups attached to an aromatic ring is 1. The van der Waals surface area contributed by atoms with E-state index in [2.05, 4.69) is 29.1 Å². The molecule has 0 amide bonds. The highest BCUT2D eigenvalue weighted by molar-refractivity contribution is 5.65. The van der Waals surface area contributed by atoms with Crippen molar-refractivity contribution in [3.8, 4) is 0 Å². The number of hydrogen-bond acceptors (Lipinski definition) is 4. The van der Waals surface area contributed by atoms with Crippen LogP contribution in [0.4, 0.5) is 11.6 Å². The van der Waals surface area contributed by atoms with Crippen molar-refractivity contribution in [1.82, 2.24) is 14.4 Å². The number of aromatic nitrogens is 3. The van der Waals surface area contributed by atoms with E-state index in [1.54, 1.807) is 12.4 Å². The van der Waals surface area contributed by atoms with Crippen molar-refractivity contribution >= 4 is 17.3 Å². The number of nitrogens with zero attached hydrogens (tertiary/aromatic N) is 3. The molecule has 2 heterocycles. The summed E-state index contributed by atoms with van der Waals surface area (Å²) in [5.74, 6) is 1.24. The van der Waals surface area contributed by atoms with E-state index < -0.39 is 0 Å². The maximum atomic E-state index is 5.70. The fourth-order valence-corrected chi connectivity index (χ4v) is 1.38. The van der Waals surface area contributed by atoms with Crippen LogP contribution >= 0.6 is 0 Å². The summed E-state index contributed by atoms with van der Waals surface area (Å²) in [6.07, 6.45) is 6.38. The molecule has 15 heavy (non-hydrogen) atoms. The molecule has 3 N–H and O–H groups in total. The Morgan fingerprint density at radius 3 is 3.13 bits per heavy atom. The summed E-state index contributed by atoms with van der Waals surface area (Å²) in [5, 5.41) is 3.29. The fourth-order valence-electron chi connectivity index (χ4n) is 1.38. The van der Waals surface area contributed by atoms with Crippen LogP contribution in [0, 0.1) is 0 Å². The van der Waals surface area contributed by atoms with Crippen LogP contribution in [0.3, 0.4) is 0 Å². The van der Waals surface area contributed by atoms with E-state index in [0.29, 0.717) is 11.9 Å². The minimum absolute atomic E-state index is 0.361. The number of rotatable bonds is 3. The molecule has 0 bridgehead atoms. The highest BCUT2D eigenvalue weighted by Crippen LogP contribution is 2.15. The number of nitrogens with two attached hydrogens (primary N) is 1. The topological polar surface area (TPSA) is 68.2 Å². The molecular weight excluding hydrogens is 190 g/mol. The normalized spacial score (nSPS) is 12.9. The highest BCUT2D eigenvalue weighted by atomic mass is 15.1. The third kappa shape index (κ3) is 1.86. The van der Waals surface area contributed by atoms with Gasteiger partial charge in [-0.3, -0.25) is 0 Å². The molecule has 5 heteroatoms. The van der Waals surface area contributed by atoms with Gasteiger partial charge in [-0.05, 0) is 13.3 Å². The zero-order valence-electron chi connectivity index (χ0n) is 8.94. The number of fused-ring (bicyclic) bond motifs is 1. The molecule has 1 unspecified atom stereocenters. The number of imidazole rings is 1. The van der Waals surface area contributed by atoms with Gasteiger partial charge < -0.3 is 15.5 Å². The molecular formula is C10H15N5. The van der Waals surface area contributed by atoms with Crippen LogP contribution in [0.15, 0.2) is 18.6 Å². The van der Waals surface area contributed by atoms with Crippen molar-refractivity contribution < 1.29 is 0 Å². The van der Waals surface area contributed by atoms with Crippen LogP contribution in [0.1, 0.15) is 20.3 Å². The quantitative estimate of drug-likeness (QED) is 0.797. The Kier molecular flexibility index (Phi) is 2.45. The van der Waals surface area contributed by atoms with Crippen molar-refractivity contribution in [2.45, 2.75) is 26.3 Å². The molecule has 1 atom stereocenters. The summed E-state index contributed by atoms with van der Waals surface area (Å²) in [6, 6.07) is 0.361. The van der Waals surface area contributed by atoms with Gasteiger partial charge in [-0.25, -0.2) is 9.97 Å². The predicted octanol–water partition coefficient (Wildman–Crippen LogP) is 1.52. The zero-order valence-corrected chi connectivity index (χ0v) is 8.94. The van der Waals surface area contributed by atoms with Crippen molar-refractivity contribution in [3.63, 3.8) is 0 Å². The molecule has 0 aliphatic carbocycles. The Morgan fingerprint density at radius 1 is 1.60 bits per heavy atom. The van der Waals surface area contributed by atoms with Crippen LogP contribution in [-0.4, -0.2) is 20.4 Å². The van der Waals surface area contributed by atoms with Gasteiger partial charge in [0.2, 0.25) is 0 Å². The van der Waals surface area contributed by atoms with E-state index in [-0.39, 0.29) is 0 Å². The first-order chi connectivity index (χ1) is 7.20. The molecule has 0 aromatic carbocycles. The lowest BCUT2D eigenvalue weighted by Gasteiger charge is -2.12. The van der Waals surface area contributed by atoms with Gasteiger partial charge in [-0.2, -0.15) is 0 Å². The number of hydrogen-bond donors (Lipinski definition) is 2. The number of nitrogens with one attached hydrogen (secondary N) is 1. The van der Waals surface area contributed by atoms with E-state index in [0.717, 1.165) is 17.9 Å². The van der Waals surface area contributed by atoms with Gasteiger partial charge in [0.15, 0.2) is 11.5 Å². The standard InChI is InChI=1S/C10H15N5/c1-3-7(2)13-9-10-12-4-5-15(10)6-8(11)14-9/h4-7H,3,11H2,1-2H3,(H,13,14). The van der Waals surface area contributed by atoms with E-state index >= 15 is 0 Å². The molecule has 0 spiro atoms. The van der Waals surface area contributed by atoms with Crippen LogP contribution in [0.2, 0.25) is 0 Å². The highest BCUT2D eigenvalue weighted by Gasteiger charge is 2.07. The smallest absolute Gasteiger partial charge is 0.180 e. The predicted molar refractivity (Wildman–Crippen MR) is 60.8 cm³/mol. The first kappa shape index (κ1) is 9.76. The summed E-state index contributed by atoms with van der Waals surface area (Å²) in [7, 11) is 0. The van der Waals surface area contributed by atoms with Gasteiger partial charge >= 0.3 is 0 Å². The van der Waals surface area contributed by atoms with Crippen molar-refractivity contribution in [1.29, 1.82) is 0 Å². The second kappa shape index (κ2) is 3.76. The van der Waals surface area contributed by atoms with Gasteiger partial charge in [0.25, 0.3) is 0 Å². The third-order valence-electron chi connectivity index (χ3n) is 2.39. The number of anilines is 2. The third-order valence-corrected chi connectivity index (χ3v) is 2.39. The molecule has 0 saturated heterocycles. The molecule has 2 rings (SSSR count). The Balaban J connectivity index is 2.44. The summed E-state index contributed by atoms with van der Waals surface area (Å²) in [4.78, 5) is 8.47. The van der Waals surface area contributed by atoms with Crippen molar-refractivity contribution in [3.05, 3.63) is 18.6 Å². The molecule has 2 aromatic heterocycles. The van der Waals surface area contributed by atoms with Crippen molar-refractivity contribution in [2.75, 3.05) is 11.1 Å². The van der Waals surface area contributed by atoms with Gasteiger partial charge in [0.1, 0.15) is 5.82 Å². The first-order valence-electron chi connectivity index (χ1n) is 5.06. The molecule has 0 aliphatic rings. The largest absolute Gasteiger partial charge is 0.382 e. The van der Waals surface area contributed by atoms with E-state index in [1.807, 2.05) is 10.6 Å². The Labute approximate surface area is 88.3 Å². The zero-order chi connectivity index (χ0) is 10.8. The Bertz CT molecular complexity index is 462. The van der Waals surface area contributed by atoms with Gasteiger partial charge in [-0.15, -0.1) is 0 Å². The lowest BCUT2D eigenvalue weighted by molar-refractivity contribution is 0.759. The van der Waals surface area contributed by atoms with Crippen LogP contribution in [0.25, 0.3) is 5.65 Å².